The van der Waals surface area contributed by atoms with E-state index in [2.05, 4.69) is 4.98 Å². The molecule has 0 amide bonds. The second kappa shape index (κ2) is 5.27. The van der Waals surface area contributed by atoms with Gasteiger partial charge in [-0.1, -0.05) is 0 Å². The summed E-state index contributed by atoms with van der Waals surface area (Å²) < 4.78 is 0. The molecule has 0 bridgehead atoms. The Hall–Kier alpha value is -1.13. The van der Waals surface area contributed by atoms with Crippen LogP contribution >= 0.6 is 0 Å². The van der Waals surface area contributed by atoms with E-state index in [1.54, 1.807) is 0 Å². The van der Waals surface area contributed by atoms with Crippen LogP contribution in [0.3, 0.4) is 0 Å². The highest BCUT2D eigenvalue weighted by atomic mass is 16.3. The second-order valence-electron chi connectivity index (χ2n) is 4.18. The number of rotatable bonds is 4. The molecule has 1 rings (SSSR count). The van der Waals surface area contributed by atoms with Gasteiger partial charge in [-0.05, 0) is 32.4 Å². The molecular formula is C12H20N2O2. The molecule has 1 aromatic rings. The lowest BCUT2D eigenvalue weighted by Crippen LogP contribution is -2.33. The van der Waals surface area contributed by atoms with Gasteiger partial charge in [-0.3, -0.25) is 0 Å². The number of aliphatic hydroxyl groups excluding tert-OH is 2. The molecule has 4 nitrogen and oxygen atoms in total. The Morgan fingerprint density at radius 2 is 2.00 bits per heavy atom. The Balaban J connectivity index is 3.20. The molecule has 16 heavy (non-hydrogen) atoms. The Bertz CT molecular complexity index is 366. The zero-order chi connectivity index (χ0) is 12.3. The molecule has 0 radical (unpaired) electrons. The van der Waals surface area contributed by atoms with Gasteiger partial charge < -0.3 is 15.1 Å². The van der Waals surface area contributed by atoms with Crippen LogP contribution < -0.4 is 4.90 Å². The van der Waals surface area contributed by atoms with Crippen LogP contribution in [0.5, 0.6) is 0 Å². The highest BCUT2D eigenvalue weighted by Gasteiger charge is 2.16. The minimum atomic E-state index is -0.0308. The monoisotopic (exact) mass is 224 g/mol. The maximum atomic E-state index is 9.36. The average Bonchev–Trinajstić information content (AvgIpc) is 2.26. The van der Waals surface area contributed by atoms with E-state index in [4.69, 9.17) is 5.11 Å². The van der Waals surface area contributed by atoms with E-state index in [0.29, 0.717) is 0 Å². The summed E-state index contributed by atoms with van der Waals surface area (Å²) in [5.41, 5.74) is 2.78. The van der Waals surface area contributed by atoms with Crippen molar-refractivity contribution >= 4 is 5.82 Å². The Morgan fingerprint density at radius 1 is 1.38 bits per heavy atom. The molecule has 1 heterocycles. The van der Waals surface area contributed by atoms with Crippen LogP contribution in [0.25, 0.3) is 0 Å². The van der Waals surface area contributed by atoms with Crippen molar-refractivity contribution in [2.45, 2.75) is 33.4 Å². The zero-order valence-electron chi connectivity index (χ0n) is 10.4. The van der Waals surface area contributed by atoms with Crippen LogP contribution in [-0.4, -0.2) is 34.9 Å². The highest BCUT2D eigenvalue weighted by Crippen LogP contribution is 2.23. The van der Waals surface area contributed by atoms with E-state index >= 15 is 0 Å². The molecule has 4 heteroatoms. The minimum absolute atomic E-state index is 0.0148. The number of aromatic nitrogens is 1. The number of anilines is 1. The molecular weight excluding hydrogens is 204 g/mol. The summed E-state index contributed by atoms with van der Waals surface area (Å²) in [4.78, 5) is 6.32. The van der Waals surface area contributed by atoms with Gasteiger partial charge in [0.05, 0.1) is 19.3 Å². The lowest BCUT2D eigenvalue weighted by molar-refractivity contribution is 0.266. The maximum Gasteiger partial charge on any atom is 0.134 e. The molecule has 0 aliphatic heterocycles. The summed E-state index contributed by atoms with van der Waals surface area (Å²) >= 11 is 0. The van der Waals surface area contributed by atoms with Crippen LogP contribution in [0.4, 0.5) is 5.82 Å². The minimum Gasteiger partial charge on any atom is -0.394 e. The van der Waals surface area contributed by atoms with Gasteiger partial charge in [-0.15, -0.1) is 0 Å². The van der Waals surface area contributed by atoms with Crippen molar-refractivity contribution in [3.05, 3.63) is 22.9 Å². The largest absolute Gasteiger partial charge is 0.394 e. The van der Waals surface area contributed by atoms with Gasteiger partial charge in [0.25, 0.3) is 0 Å². The van der Waals surface area contributed by atoms with E-state index in [1.807, 2.05) is 38.8 Å². The molecule has 0 aromatic carbocycles. The molecule has 90 valence electrons. The third kappa shape index (κ3) is 2.51. The Morgan fingerprint density at radius 3 is 2.50 bits per heavy atom. The van der Waals surface area contributed by atoms with Crippen molar-refractivity contribution in [3.8, 4) is 0 Å². The van der Waals surface area contributed by atoms with Crippen LogP contribution in [0.1, 0.15) is 23.7 Å². The van der Waals surface area contributed by atoms with Crippen molar-refractivity contribution in [3.63, 3.8) is 0 Å². The third-order valence-electron chi connectivity index (χ3n) is 2.87. The molecule has 0 aliphatic carbocycles. The van der Waals surface area contributed by atoms with Crippen LogP contribution in [0.2, 0.25) is 0 Å². The highest BCUT2D eigenvalue weighted by molar-refractivity contribution is 5.51. The Labute approximate surface area is 96.6 Å². The fourth-order valence-electron chi connectivity index (χ4n) is 1.66. The van der Waals surface area contributed by atoms with E-state index in [9.17, 15) is 5.11 Å². The summed E-state index contributed by atoms with van der Waals surface area (Å²) in [7, 11) is 1.88. The molecule has 0 saturated carbocycles. The molecule has 2 N–H and O–H groups in total. The first kappa shape index (κ1) is 12.9. The molecule has 0 fully saturated rings. The van der Waals surface area contributed by atoms with Gasteiger partial charge in [0, 0.05) is 18.3 Å². The van der Waals surface area contributed by atoms with Gasteiger partial charge in [-0.25, -0.2) is 4.98 Å². The molecule has 1 unspecified atom stereocenters. The van der Waals surface area contributed by atoms with Crippen molar-refractivity contribution in [2.24, 2.45) is 0 Å². The molecule has 1 atom stereocenters. The predicted octanol–water partition coefficient (Wildman–Crippen LogP) is 1.01. The number of hydrogen-bond acceptors (Lipinski definition) is 4. The van der Waals surface area contributed by atoms with Gasteiger partial charge >= 0.3 is 0 Å². The number of aliphatic hydroxyl groups is 2. The quantitative estimate of drug-likeness (QED) is 0.801. The summed E-state index contributed by atoms with van der Waals surface area (Å²) in [6.07, 6.45) is 0. The molecule has 0 saturated heterocycles. The molecule has 0 aliphatic rings. The fourth-order valence-corrected chi connectivity index (χ4v) is 1.66. The first-order chi connectivity index (χ1) is 7.51. The number of aryl methyl sites for hydroxylation is 2. The second-order valence-corrected chi connectivity index (χ2v) is 4.18. The number of likely N-dealkylation sites (N-methyl/N-ethyl adjacent to an activating group) is 1. The fraction of sp³-hybridized carbons (Fsp3) is 0.583. The Kier molecular flexibility index (Phi) is 4.26. The predicted molar refractivity (Wildman–Crippen MR) is 64.6 cm³/mol. The summed E-state index contributed by atoms with van der Waals surface area (Å²) in [5.74, 6) is 0.751. The van der Waals surface area contributed by atoms with E-state index in [0.717, 1.165) is 22.6 Å². The first-order valence-corrected chi connectivity index (χ1v) is 5.43. The zero-order valence-corrected chi connectivity index (χ0v) is 10.4. The number of pyridine rings is 1. The van der Waals surface area contributed by atoms with Gasteiger partial charge in [0.15, 0.2) is 0 Å². The van der Waals surface area contributed by atoms with Crippen LogP contribution in [0, 0.1) is 13.8 Å². The van der Waals surface area contributed by atoms with Crippen LogP contribution in [-0.2, 0) is 6.61 Å². The van der Waals surface area contributed by atoms with Crippen LogP contribution in [0.15, 0.2) is 6.07 Å². The summed E-state index contributed by atoms with van der Waals surface area (Å²) in [5, 5.41) is 18.5. The first-order valence-electron chi connectivity index (χ1n) is 5.43. The van der Waals surface area contributed by atoms with Gasteiger partial charge in [0.2, 0.25) is 0 Å². The van der Waals surface area contributed by atoms with Crippen molar-refractivity contribution in [2.75, 3.05) is 18.6 Å². The number of nitrogens with zero attached hydrogens (tertiary/aromatic N) is 2. The van der Waals surface area contributed by atoms with Crippen molar-refractivity contribution in [1.82, 2.24) is 4.98 Å². The van der Waals surface area contributed by atoms with Crippen molar-refractivity contribution in [1.29, 1.82) is 0 Å². The lowest BCUT2D eigenvalue weighted by atomic mass is 10.1. The standard InChI is InChI=1S/C12H20N2O2/c1-8-5-9(2)13-12(11(8)7-16)14(4)10(3)6-15/h5,10,15-16H,6-7H2,1-4H3. The smallest absolute Gasteiger partial charge is 0.134 e. The topological polar surface area (TPSA) is 56.6 Å². The molecule has 0 spiro atoms. The third-order valence-corrected chi connectivity index (χ3v) is 2.87. The number of hydrogen-bond donors (Lipinski definition) is 2. The van der Waals surface area contributed by atoms with E-state index < -0.39 is 0 Å². The van der Waals surface area contributed by atoms with Gasteiger partial charge in [0.1, 0.15) is 5.82 Å². The maximum absolute atomic E-state index is 9.36. The summed E-state index contributed by atoms with van der Waals surface area (Å²) in [6.45, 7) is 5.84. The van der Waals surface area contributed by atoms with Crippen molar-refractivity contribution < 1.29 is 10.2 Å². The van der Waals surface area contributed by atoms with E-state index in [1.165, 1.54) is 0 Å². The van der Waals surface area contributed by atoms with E-state index in [-0.39, 0.29) is 19.3 Å². The summed E-state index contributed by atoms with van der Waals surface area (Å²) in [6, 6.07) is 1.94. The lowest BCUT2D eigenvalue weighted by Gasteiger charge is -2.27. The SMILES string of the molecule is Cc1cc(C)c(CO)c(N(C)C(C)CO)n1. The average molecular weight is 224 g/mol. The van der Waals surface area contributed by atoms with Gasteiger partial charge in [-0.2, -0.15) is 0 Å². The normalized spacial score (nSPS) is 12.6. The molecule has 1 aromatic heterocycles.